The molecule has 0 bridgehead atoms. The minimum atomic E-state index is -2.87. The van der Waals surface area contributed by atoms with Gasteiger partial charge in [0.25, 0.3) is 0 Å². The van der Waals surface area contributed by atoms with Gasteiger partial charge >= 0.3 is 0 Å². The minimum absolute atomic E-state index is 0.197. The highest BCUT2D eigenvalue weighted by molar-refractivity contribution is 7.91. The zero-order valence-corrected chi connectivity index (χ0v) is 10.3. The smallest absolute Gasteiger partial charge is 0.150 e. The van der Waals surface area contributed by atoms with Crippen molar-refractivity contribution in [3.8, 4) is 0 Å². The van der Waals surface area contributed by atoms with Crippen molar-refractivity contribution in [3.05, 3.63) is 11.9 Å². The zero-order chi connectivity index (χ0) is 12.0. The summed E-state index contributed by atoms with van der Waals surface area (Å²) in [7, 11) is -2.87. The highest BCUT2D eigenvalue weighted by Crippen LogP contribution is 1.98. The molecule has 1 aromatic rings. The van der Waals surface area contributed by atoms with Gasteiger partial charge in [0, 0.05) is 24.9 Å². The third kappa shape index (κ3) is 4.28. The summed E-state index contributed by atoms with van der Waals surface area (Å²) in [5.41, 5.74) is 6.24. The molecule has 6 nitrogen and oxygen atoms in total. The Morgan fingerprint density at radius 2 is 2.25 bits per heavy atom. The number of nitrogens with zero attached hydrogens (tertiary/aromatic N) is 3. The maximum atomic E-state index is 11.2. The van der Waals surface area contributed by atoms with Gasteiger partial charge < -0.3 is 5.73 Å². The Kier molecular flexibility index (Phi) is 4.88. The molecule has 0 atom stereocenters. The second kappa shape index (κ2) is 5.95. The monoisotopic (exact) mass is 246 g/mol. The predicted molar refractivity (Wildman–Crippen MR) is 61.7 cm³/mol. The van der Waals surface area contributed by atoms with Crippen LogP contribution in [0.2, 0.25) is 0 Å². The third-order valence-electron chi connectivity index (χ3n) is 2.27. The first-order chi connectivity index (χ1) is 7.57. The molecule has 0 aliphatic rings. The summed E-state index contributed by atoms with van der Waals surface area (Å²) in [5, 5.41) is 7.82. The van der Waals surface area contributed by atoms with Gasteiger partial charge in [0.2, 0.25) is 0 Å². The lowest BCUT2D eigenvalue weighted by molar-refractivity contribution is 0.562. The number of aryl methyl sites for hydroxylation is 1. The summed E-state index contributed by atoms with van der Waals surface area (Å²) in [5.74, 6) is 0.401. The lowest BCUT2D eigenvalue weighted by atomic mass is 10.3. The fourth-order valence-corrected chi connectivity index (χ4v) is 2.16. The molecule has 0 unspecified atom stereocenters. The molecule has 0 saturated heterocycles. The number of sulfone groups is 1. The van der Waals surface area contributed by atoms with Crippen molar-refractivity contribution in [2.24, 2.45) is 5.73 Å². The van der Waals surface area contributed by atoms with E-state index in [-0.39, 0.29) is 11.5 Å². The Morgan fingerprint density at radius 3 is 2.88 bits per heavy atom. The number of nitrogens with two attached hydrogens (primary N) is 1. The average Bonchev–Trinajstić information content (AvgIpc) is 2.66. The van der Waals surface area contributed by atoms with E-state index >= 15 is 0 Å². The molecule has 92 valence electrons. The van der Waals surface area contributed by atoms with E-state index in [9.17, 15) is 8.42 Å². The third-order valence-corrected chi connectivity index (χ3v) is 4.06. The molecule has 0 aliphatic carbocycles. The summed E-state index contributed by atoms with van der Waals surface area (Å²) in [6, 6.07) is 0. The van der Waals surface area contributed by atoms with Crippen LogP contribution in [0.25, 0.3) is 0 Å². The van der Waals surface area contributed by atoms with Crippen molar-refractivity contribution in [3.63, 3.8) is 0 Å². The van der Waals surface area contributed by atoms with Crippen molar-refractivity contribution in [2.75, 3.05) is 18.1 Å². The van der Waals surface area contributed by atoms with Gasteiger partial charge in [-0.05, 0) is 13.0 Å². The summed E-state index contributed by atoms with van der Waals surface area (Å²) in [6.45, 7) is 2.78. The van der Waals surface area contributed by atoms with Gasteiger partial charge in [-0.15, -0.1) is 5.10 Å². The van der Waals surface area contributed by atoms with Gasteiger partial charge in [-0.3, -0.25) is 4.68 Å². The molecule has 0 saturated carbocycles. The summed E-state index contributed by atoms with van der Waals surface area (Å²) < 4.78 is 24.1. The Balaban J connectivity index is 2.37. The van der Waals surface area contributed by atoms with Crippen LogP contribution in [-0.2, 0) is 22.8 Å². The standard InChI is InChI=1S/C9H18N4O2S/c1-2-16(14,15)7-3-6-13-8-9(4-5-10)11-12-13/h8H,2-7,10H2,1H3. The molecule has 0 aromatic carbocycles. The van der Waals surface area contributed by atoms with Crippen molar-refractivity contribution in [2.45, 2.75) is 26.3 Å². The van der Waals surface area contributed by atoms with Crippen molar-refractivity contribution in [1.82, 2.24) is 15.0 Å². The van der Waals surface area contributed by atoms with Crippen molar-refractivity contribution >= 4 is 9.84 Å². The summed E-state index contributed by atoms with van der Waals surface area (Å²) in [4.78, 5) is 0. The number of rotatable bonds is 7. The first-order valence-electron chi connectivity index (χ1n) is 5.37. The molecule has 0 aliphatic heterocycles. The number of hydrogen-bond donors (Lipinski definition) is 1. The second-order valence-electron chi connectivity index (χ2n) is 3.60. The zero-order valence-electron chi connectivity index (χ0n) is 9.46. The predicted octanol–water partition coefficient (Wildman–Crippen LogP) is -0.396. The maximum Gasteiger partial charge on any atom is 0.150 e. The maximum absolute atomic E-state index is 11.2. The van der Waals surface area contributed by atoms with Crippen LogP contribution in [0.4, 0.5) is 0 Å². The molecule has 16 heavy (non-hydrogen) atoms. The van der Waals surface area contributed by atoms with Crippen molar-refractivity contribution < 1.29 is 8.42 Å². The fraction of sp³-hybridized carbons (Fsp3) is 0.778. The van der Waals surface area contributed by atoms with Crippen LogP contribution < -0.4 is 5.73 Å². The molecule has 0 amide bonds. The first kappa shape index (κ1) is 13.1. The lowest BCUT2D eigenvalue weighted by Crippen LogP contribution is -2.11. The largest absolute Gasteiger partial charge is 0.330 e. The fourth-order valence-electron chi connectivity index (χ4n) is 1.30. The molecule has 2 N–H and O–H groups in total. The lowest BCUT2D eigenvalue weighted by Gasteiger charge is -2.00. The van der Waals surface area contributed by atoms with Gasteiger partial charge in [-0.25, -0.2) is 8.42 Å². The van der Waals surface area contributed by atoms with E-state index < -0.39 is 9.84 Å². The summed E-state index contributed by atoms with van der Waals surface area (Å²) in [6.07, 6.45) is 3.08. The minimum Gasteiger partial charge on any atom is -0.330 e. The van der Waals surface area contributed by atoms with E-state index in [1.165, 1.54) is 0 Å². The molecule has 7 heteroatoms. The molecule has 1 aromatic heterocycles. The topological polar surface area (TPSA) is 90.9 Å². The number of hydrogen-bond acceptors (Lipinski definition) is 5. The highest BCUT2D eigenvalue weighted by atomic mass is 32.2. The van der Waals surface area contributed by atoms with E-state index in [2.05, 4.69) is 10.3 Å². The normalized spacial score (nSPS) is 11.9. The van der Waals surface area contributed by atoms with Gasteiger partial charge in [-0.1, -0.05) is 12.1 Å². The molecular formula is C9H18N4O2S. The quantitative estimate of drug-likeness (QED) is 0.707. The van der Waals surface area contributed by atoms with Gasteiger partial charge in [0.1, 0.15) is 9.84 Å². The van der Waals surface area contributed by atoms with Gasteiger partial charge in [0.05, 0.1) is 11.4 Å². The molecule has 0 radical (unpaired) electrons. The SMILES string of the molecule is CCS(=O)(=O)CCCn1cc(CCN)nn1. The van der Waals surface area contributed by atoms with Gasteiger partial charge in [-0.2, -0.15) is 0 Å². The van der Waals surface area contributed by atoms with Crippen LogP contribution in [0.5, 0.6) is 0 Å². The average molecular weight is 246 g/mol. The van der Waals surface area contributed by atoms with E-state index in [0.29, 0.717) is 25.9 Å². The first-order valence-corrected chi connectivity index (χ1v) is 7.19. The van der Waals surface area contributed by atoms with Gasteiger partial charge in [0.15, 0.2) is 0 Å². The van der Waals surface area contributed by atoms with Crippen LogP contribution in [0.1, 0.15) is 19.0 Å². The van der Waals surface area contributed by atoms with Crippen molar-refractivity contribution in [1.29, 1.82) is 0 Å². The molecule has 1 heterocycles. The van der Waals surface area contributed by atoms with E-state index in [0.717, 1.165) is 5.69 Å². The molecule has 1 rings (SSSR count). The number of aromatic nitrogens is 3. The summed E-state index contributed by atoms with van der Waals surface area (Å²) >= 11 is 0. The van der Waals surface area contributed by atoms with E-state index in [4.69, 9.17) is 5.73 Å². The molecule has 0 spiro atoms. The Bertz CT molecular complexity index is 413. The van der Waals surface area contributed by atoms with Crippen LogP contribution in [0.15, 0.2) is 6.20 Å². The molecular weight excluding hydrogens is 228 g/mol. The Morgan fingerprint density at radius 1 is 1.50 bits per heavy atom. The highest BCUT2D eigenvalue weighted by Gasteiger charge is 2.07. The van der Waals surface area contributed by atoms with E-state index in [1.807, 2.05) is 6.20 Å². The Hall–Kier alpha value is -0.950. The Labute approximate surface area is 95.7 Å². The molecule has 0 fully saturated rings. The van der Waals surface area contributed by atoms with Crippen LogP contribution in [0, 0.1) is 0 Å². The van der Waals surface area contributed by atoms with E-state index in [1.54, 1.807) is 11.6 Å². The second-order valence-corrected chi connectivity index (χ2v) is 6.07. The van der Waals surface area contributed by atoms with Crippen LogP contribution in [0.3, 0.4) is 0 Å². The van der Waals surface area contributed by atoms with Crippen LogP contribution in [-0.4, -0.2) is 41.5 Å². The van der Waals surface area contributed by atoms with Crippen LogP contribution >= 0.6 is 0 Å².